The summed E-state index contributed by atoms with van der Waals surface area (Å²) < 4.78 is 11.8. The van der Waals surface area contributed by atoms with Crippen molar-refractivity contribution in [1.29, 1.82) is 0 Å². The molecule has 1 aliphatic heterocycles. The molecule has 0 unspecified atom stereocenters. The molecule has 134 valence electrons. The van der Waals surface area contributed by atoms with Crippen molar-refractivity contribution in [2.24, 2.45) is 5.92 Å². The number of carbonyl (C=O) groups is 1. The van der Waals surface area contributed by atoms with E-state index in [1.807, 2.05) is 45.9 Å². The van der Waals surface area contributed by atoms with Gasteiger partial charge in [-0.25, -0.2) is 4.79 Å². The molecule has 0 radical (unpaired) electrons. The molecule has 2 heterocycles. The number of rotatable bonds is 3. The van der Waals surface area contributed by atoms with E-state index >= 15 is 0 Å². The molecule has 0 atom stereocenters. The van der Waals surface area contributed by atoms with Crippen LogP contribution in [0.5, 0.6) is 0 Å². The molecule has 0 aliphatic carbocycles. The zero-order chi connectivity index (χ0) is 18.2. The standard InChI is InChI=1S/C18H22BrN3O3/c1-11-7-13(19)5-6-14(11)16-20-15(25-21-16)8-12-9-22(10-12)17(23)24-18(2,3)4/h5-7,12H,8-10H2,1-4H3. The lowest BCUT2D eigenvalue weighted by atomic mass is 9.97. The van der Waals surface area contributed by atoms with E-state index in [0.717, 1.165) is 15.6 Å². The Morgan fingerprint density at radius 3 is 2.76 bits per heavy atom. The van der Waals surface area contributed by atoms with Crippen molar-refractivity contribution >= 4 is 22.0 Å². The molecule has 0 N–H and O–H groups in total. The Bertz CT molecular complexity index is 776. The van der Waals surface area contributed by atoms with Gasteiger partial charge in [0.1, 0.15) is 5.60 Å². The van der Waals surface area contributed by atoms with Crippen LogP contribution in [0.3, 0.4) is 0 Å². The fraction of sp³-hybridized carbons (Fsp3) is 0.500. The first-order valence-electron chi connectivity index (χ1n) is 8.28. The van der Waals surface area contributed by atoms with Crippen molar-refractivity contribution in [3.8, 4) is 11.4 Å². The third-order valence-corrected chi connectivity index (χ3v) is 4.46. The van der Waals surface area contributed by atoms with Crippen LogP contribution in [-0.4, -0.2) is 39.8 Å². The van der Waals surface area contributed by atoms with Gasteiger partial charge >= 0.3 is 6.09 Å². The van der Waals surface area contributed by atoms with E-state index < -0.39 is 5.60 Å². The highest BCUT2D eigenvalue weighted by Gasteiger charge is 2.34. The van der Waals surface area contributed by atoms with E-state index in [1.165, 1.54) is 0 Å². The Balaban J connectivity index is 1.56. The minimum absolute atomic E-state index is 0.263. The van der Waals surface area contributed by atoms with Crippen molar-refractivity contribution < 1.29 is 14.1 Å². The number of aryl methyl sites for hydroxylation is 1. The van der Waals surface area contributed by atoms with E-state index in [9.17, 15) is 4.79 Å². The first kappa shape index (κ1) is 17.9. The van der Waals surface area contributed by atoms with Gasteiger partial charge in [0, 0.05) is 35.5 Å². The van der Waals surface area contributed by atoms with E-state index in [1.54, 1.807) is 4.90 Å². The zero-order valence-corrected chi connectivity index (χ0v) is 16.5. The van der Waals surface area contributed by atoms with Crippen LogP contribution in [0.15, 0.2) is 27.2 Å². The van der Waals surface area contributed by atoms with Crippen molar-refractivity contribution in [2.45, 2.75) is 39.7 Å². The predicted octanol–water partition coefficient (Wildman–Crippen LogP) is 4.22. The molecule has 2 aromatic rings. The van der Waals surface area contributed by atoms with Crippen LogP contribution in [0.4, 0.5) is 4.79 Å². The molecule has 1 aromatic carbocycles. The monoisotopic (exact) mass is 407 g/mol. The maximum Gasteiger partial charge on any atom is 0.410 e. The Hall–Kier alpha value is -1.89. The Morgan fingerprint density at radius 2 is 2.12 bits per heavy atom. The Kier molecular flexibility index (Phi) is 4.86. The van der Waals surface area contributed by atoms with Gasteiger partial charge in [0.05, 0.1) is 0 Å². The normalized spacial score (nSPS) is 15.2. The fourth-order valence-electron chi connectivity index (χ4n) is 2.75. The molecule has 1 saturated heterocycles. The van der Waals surface area contributed by atoms with Crippen LogP contribution >= 0.6 is 15.9 Å². The van der Waals surface area contributed by atoms with E-state index in [4.69, 9.17) is 9.26 Å². The number of nitrogens with zero attached hydrogens (tertiary/aromatic N) is 3. The minimum Gasteiger partial charge on any atom is -0.444 e. The number of halogens is 1. The zero-order valence-electron chi connectivity index (χ0n) is 14.9. The highest BCUT2D eigenvalue weighted by molar-refractivity contribution is 9.10. The number of benzene rings is 1. The summed E-state index contributed by atoms with van der Waals surface area (Å²) >= 11 is 3.45. The minimum atomic E-state index is -0.466. The molecule has 0 saturated carbocycles. The highest BCUT2D eigenvalue weighted by atomic mass is 79.9. The first-order chi connectivity index (χ1) is 11.7. The SMILES string of the molecule is Cc1cc(Br)ccc1-c1noc(CC2CN(C(=O)OC(C)(C)C)C2)n1. The number of carbonyl (C=O) groups excluding carboxylic acids is 1. The van der Waals surface area contributed by atoms with Crippen molar-refractivity contribution in [1.82, 2.24) is 15.0 Å². The lowest BCUT2D eigenvalue weighted by Crippen LogP contribution is -2.52. The topological polar surface area (TPSA) is 68.5 Å². The molecule has 1 aliphatic rings. The number of hydrogen-bond acceptors (Lipinski definition) is 5. The van der Waals surface area contributed by atoms with Gasteiger partial charge in [-0.3, -0.25) is 0 Å². The van der Waals surface area contributed by atoms with Gasteiger partial charge in [-0.2, -0.15) is 4.98 Å². The third-order valence-electron chi connectivity index (χ3n) is 3.97. The molecule has 6 nitrogen and oxygen atoms in total. The second kappa shape index (κ2) is 6.78. The van der Waals surface area contributed by atoms with E-state index in [-0.39, 0.29) is 6.09 Å². The Morgan fingerprint density at radius 1 is 1.40 bits per heavy atom. The molecule has 25 heavy (non-hydrogen) atoms. The van der Waals surface area contributed by atoms with Crippen LogP contribution < -0.4 is 0 Å². The fourth-order valence-corrected chi connectivity index (χ4v) is 3.22. The summed E-state index contributed by atoms with van der Waals surface area (Å²) in [6.07, 6.45) is 0.405. The van der Waals surface area contributed by atoms with Gasteiger partial charge in [0.25, 0.3) is 0 Å². The maximum atomic E-state index is 11.9. The molecule has 1 amide bonds. The quantitative estimate of drug-likeness (QED) is 0.761. The van der Waals surface area contributed by atoms with Crippen molar-refractivity contribution in [3.05, 3.63) is 34.1 Å². The summed E-state index contributed by atoms with van der Waals surface area (Å²) in [5.74, 6) is 1.53. The van der Waals surface area contributed by atoms with Crippen molar-refractivity contribution in [2.75, 3.05) is 13.1 Å². The summed E-state index contributed by atoms with van der Waals surface area (Å²) in [4.78, 5) is 18.1. The van der Waals surface area contributed by atoms with Gasteiger partial charge in [-0.05, 0) is 51.5 Å². The number of hydrogen-bond donors (Lipinski definition) is 0. The second-order valence-electron chi connectivity index (χ2n) is 7.43. The van der Waals surface area contributed by atoms with Crippen LogP contribution in [0.25, 0.3) is 11.4 Å². The third kappa shape index (κ3) is 4.39. The summed E-state index contributed by atoms with van der Waals surface area (Å²) in [5, 5.41) is 4.08. The summed E-state index contributed by atoms with van der Waals surface area (Å²) in [6, 6.07) is 5.96. The molecular formula is C18H22BrN3O3. The maximum absolute atomic E-state index is 11.9. The molecular weight excluding hydrogens is 386 g/mol. The van der Waals surface area contributed by atoms with Gasteiger partial charge in [0.15, 0.2) is 0 Å². The van der Waals surface area contributed by atoms with E-state index in [2.05, 4.69) is 26.1 Å². The molecule has 3 rings (SSSR count). The molecule has 1 aromatic heterocycles. The number of amides is 1. The summed E-state index contributed by atoms with van der Waals surface area (Å²) in [7, 11) is 0. The van der Waals surface area contributed by atoms with E-state index in [0.29, 0.717) is 37.1 Å². The smallest absolute Gasteiger partial charge is 0.410 e. The first-order valence-corrected chi connectivity index (χ1v) is 9.07. The number of likely N-dealkylation sites (tertiary alicyclic amines) is 1. The van der Waals surface area contributed by atoms with Crippen LogP contribution in [0.1, 0.15) is 32.2 Å². The van der Waals surface area contributed by atoms with Crippen LogP contribution in [-0.2, 0) is 11.2 Å². The molecule has 0 spiro atoms. The second-order valence-corrected chi connectivity index (χ2v) is 8.34. The summed E-state index contributed by atoms with van der Waals surface area (Å²) in [5.41, 5.74) is 1.58. The lowest BCUT2D eigenvalue weighted by Gasteiger charge is -2.39. The number of ether oxygens (including phenoxy) is 1. The Labute approximate surface area is 155 Å². The highest BCUT2D eigenvalue weighted by Crippen LogP contribution is 2.26. The largest absolute Gasteiger partial charge is 0.444 e. The molecule has 7 heteroatoms. The van der Waals surface area contributed by atoms with Crippen molar-refractivity contribution in [3.63, 3.8) is 0 Å². The van der Waals surface area contributed by atoms with Gasteiger partial charge in [-0.15, -0.1) is 0 Å². The van der Waals surface area contributed by atoms with Crippen LogP contribution in [0, 0.1) is 12.8 Å². The average Bonchev–Trinajstić information content (AvgIpc) is 2.88. The molecule has 1 fully saturated rings. The summed E-state index contributed by atoms with van der Waals surface area (Å²) in [6.45, 7) is 8.93. The molecule has 0 bridgehead atoms. The van der Waals surface area contributed by atoms with Gasteiger partial charge in [0.2, 0.25) is 11.7 Å². The van der Waals surface area contributed by atoms with Gasteiger partial charge < -0.3 is 14.2 Å². The van der Waals surface area contributed by atoms with Gasteiger partial charge in [-0.1, -0.05) is 21.1 Å². The van der Waals surface area contributed by atoms with Crippen LogP contribution in [0.2, 0.25) is 0 Å². The average molecular weight is 408 g/mol. The lowest BCUT2D eigenvalue weighted by molar-refractivity contribution is -0.00186. The number of aromatic nitrogens is 2. The predicted molar refractivity (Wildman–Crippen MR) is 97.2 cm³/mol.